The summed E-state index contributed by atoms with van der Waals surface area (Å²) in [6.45, 7) is 0.704. The number of amides is 1. The van der Waals surface area contributed by atoms with Crippen molar-refractivity contribution in [3.63, 3.8) is 0 Å². The molecule has 1 aromatic rings. The van der Waals surface area contributed by atoms with Crippen LogP contribution in [0.2, 0.25) is 0 Å². The number of benzene rings is 1. The van der Waals surface area contributed by atoms with E-state index in [-0.39, 0.29) is 17.6 Å². The summed E-state index contributed by atoms with van der Waals surface area (Å²) in [6, 6.07) is 4.55. The maximum atomic E-state index is 12.7. The van der Waals surface area contributed by atoms with Gasteiger partial charge in [-0.1, -0.05) is 44.7 Å². The van der Waals surface area contributed by atoms with E-state index in [1.807, 2.05) is 4.90 Å². The van der Waals surface area contributed by atoms with Crippen LogP contribution in [0, 0.1) is 10.1 Å². The van der Waals surface area contributed by atoms with E-state index in [1.165, 1.54) is 12.1 Å². The van der Waals surface area contributed by atoms with Gasteiger partial charge in [-0.3, -0.25) is 14.9 Å². The fourth-order valence-electron chi connectivity index (χ4n) is 2.57. The average Bonchev–Trinajstić information content (AvgIpc) is 2.70. The molecule has 1 aromatic carbocycles. The summed E-state index contributed by atoms with van der Waals surface area (Å²) in [5.74, 6) is -0.134. The molecule has 1 aliphatic rings. The molecule has 0 spiro atoms. The van der Waals surface area contributed by atoms with Crippen molar-refractivity contribution in [2.45, 2.75) is 31.7 Å². The zero-order valence-electron chi connectivity index (χ0n) is 11.4. The molecule has 114 valence electrons. The van der Waals surface area contributed by atoms with Gasteiger partial charge in [-0.2, -0.15) is 0 Å². The first-order valence-corrected chi connectivity index (χ1v) is 8.76. The van der Waals surface area contributed by atoms with E-state index in [4.69, 9.17) is 0 Å². The molecule has 0 radical (unpaired) electrons. The van der Waals surface area contributed by atoms with Gasteiger partial charge in [0.2, 0.25) is 0 Å². The maximum Gasteiger partial charge on any atom is 0.271 e. The largest absolute Gasteiger partial charge is 0.335 e. The van der Waals surface area contributed by atoms with Crippen molar-refractivity contribution in [2.75, 3.05) is 11.9 Å². The maximum absolute atomic E-state index is 12.7. The lowest BCUT2D eigenvalue weighted by molar-refractivity contribution is -0.385. The molecule has 0 N–H and O–H groups in total. The second-order valence-corrected chi connectivity index (χ2v) is 6.67. The standard InChI is InChI=1S/C14H16Br2N2O3/c15-9-12-4-2-1-3-5-17(12)14(19)10-6-11(16)8-13(7-10)18(20)21/h6-8,12H,1-5,9H2. The van der Waals surface area contributed by atoms with Crippen LogP contribution >= 0.6 is 31.9 Å². The van der Waals surface area contributed by atoms with Crippen LogP contribution in [0.3, 0.4) is 0 Å². The summed E-state index contributed by atoms with van der Waals surface area (Å²) in [4.78, 5) is 25.0. The summed E-state index contributed by atoms with van der Waals surface area (Å²) < 4.78 is 0.547. The summed E-state index contributed by atoms with van der Waals surface area (Å²) in [7, 11) is 0. The molecule has 0 bridgehead atoms. The van der Waals surface area contributed by atoms with Crippen LogP contribution in [0.4, 0.5) is 5.69 Å². The van der Waals surface area contributed by atoms with Gasteiger partial charge < -0.3 is 4.90 Å². The summed E-state index contributed by atoms with van der Waals surface area (Å²) in [5.41, 5.74) is 0.293. The number of likely N-dealkylation sites (tertiary alicyclic amines) is 1. The number of nitrogens with zero attached hydrogens (tertiary/aromatic N) is 2. The third kappa shape index (κ3) is 4.03. The van der Waals surface area contributed by atoms with E-state index in [2.05, 4.69) is 31.9 Å². The van der Waals surface area contributed by atoms with Crippen LogP contribution in [0.5, 0.6) is 0 Å². The van der Waals surface area contributed by atoms with Crippen molar-refractivity contribution in [2.24, 2.45) is 0 Å². The number of hydrogen-bond acceptors (Lipinski definition) is 3. The van der Waals surface area contributed by atoms with Crippen LogP contribution in [-0.4, -0.2) is 33.6 Å². The Balaban J connectivity index is 2.31. The second-order valence-electron chi connectivity index (χ2n) is 5.11. The predicted octanol–water partition coefficient (Wildman–Crippen LogP) is 4.14. The molecule has 21 heavy (non-hydrogen) atoms. The van der Waals surface area contributed by atoms with Gasteiger partial charge in [0.05, 0.1) is 4.92 Å². The lowest BCUT2D eigenvalue weighted by Gasteiger charge is -2.28. The summed E-state index contributed by atoms with van der Waals surface area (Å²) >= 11 is 6.70. The monoisotopic (exact) mass is 418 g/mol. The Labute approximate surface area is 140 Å². The first-order valence-electron chi connectivity index (χ1n) is 6.85. The first-order chi connectivity index (χ1) is 10.0. The molecule has 7 heteroatoms. The highest BCUT2D eigenvalue weighted by Crippen LogP contribution is 2.25. The van der Waals surface area contributed by atoms with Crippen LogP contribution in [0.1, 0.15) is 36.0 Å². The fraction of sp³-hybridized carbons (Fsp3) is 0.500. The van der Waals surface area contributed by atoms with E-state index < -0.39 is 4.92 Å². The molecule has 1 fully saturated rings. The Morgan fingerprint density at radius 2 is 2.10 bits per heavy atom. The lowest BCUT2D eigenvalue weighted by Crippen LogP contribution is -2.41. The molecule has 5 nitrogen and oxygen atoms in total. The van der Waals surface area contributed by atoms with Crippen LogP contribution in [0.25, 0.3) is 0 Å². The van der Waals surface area contributed by atoms with Crippen LogP contribution < -0.4 is 0 Å². The third-order valence-corrected chi connectivity index (χ3v) is 4.86. The minimum absolute atomic E-state index is 0.0714. The number of non-ortho nitro benzene ring substituents is 1. The molecule has 1 amide bonds. The van der Waals surface area contributed by atoms with Gasteiger partial charge in [0, 0.05) is 40.1 Å². The van der Waals surface area contributed by atoms with E-state index in [0.29, 0.717) is 16.6 Å². The summed E-state index contributed by atoms with van der Waals surface area (Å²) in [6.07, 6.45) is 4.17. The third-order valence-electron chi connectivity index (χ3n) is 3.66. The number of carbonyl (C=O) groups excluding carboxylic acids is 1. The normalized spacial score (nSPS) is 19.1. The van der Waals surface area contributed by atoms with Gasteiger partial charge in [-0.15, -0.1) is 0 Å². The number of alkyl halides is 1. The number of nitro benzene ring substituents is 1. The Morgan fingerprint density at radius 1 is 1.33 bits per heavy atom. The predicted molar refractivity (Wildman–Crippen MR) is 87.9 cm³/mol. The molecule has 0 aliphatic carbocycles. The zero-order chi connectivity index (χ0) is 15.4. The Bertz CT molecular complexity index is 551. The molecule has 0 aromatic heterocycles. The molecule has 0 saturated carbocycles. The minimum atomic E-state index is -0.480. The number of halogens is 2. The Hall–Kier alpha value is -0.950. The molecular weight excluding hydrogens is 404 g/mol. The van der Waals surface area contributed by atoms with Gasteiger partial charge in [-0.25, -0.2) is 0 Å². The van der Waals surface area contributed by atoms with Crippen molar-refractivity contribution in [1.29, 1.82) is 0 Å². The van der Waals surface area contributed by atoms with Crippen LogP contribution in [0.15, 0.2) is 22.7 Å². The van der Waals surface area contributed by atoms with Gasteiger partial charge in [0.25, 0.3) is 11.6 Å². The quantitative estimate of drug-likeness (QED) is 0.420. The number of nitro groups is 1. The Morgan fingerprint density at radius 3 is 2.76 bits per heavy atom. The van der Waals surface area contributed by atoms with E-state index in [1.54, 1.807) is 6.07 Å². The molecule has 1 heterocycles. The van der Waals surface area contributed by atoms with Crippen molar-refractivity contribution in [3.8, 4) is 0 Å². The van der Waals surface area contributed by atoms with Gasteiger partial charge in [-0.05, 0) is 18.9 Å². The molecule has 1 aliphatic heterocycles. The number of carbonyl (C=O) groups is 1. The van der Waals surface area contributed by atoms with E-state index >= 15 is 0 Å². The van der Waals surface area contributed by atoms with Crippen molar-refractivity contribution in [1.82, 2.24) is 4.90 Å². The lowest BCUT2D eigenvalue weighted by atomic mass is 10.1. The zero-order valence-corrected chi connectivity index (χ0v) is 14.6. The molecule has 1 unspecified atom stereocenters. The van der Waals surface area contributed by atoms with Crippen molar-refractivity contribution >= 4 is 43.5 Å². The van der Waals surface area contributed by atoms with Gasteiger partial charge >= 0.3 is 0 Å². The Kier molecular flexibility index (Phi) is 5.75. The smallest absolute Gasteiger partial charge is 0.271 e. The SMILES string of the molecule is O=C(c1cc(Br)cc([N+](=O)[O-])c1)N1CCCCCC1CBr. The molecule has 2 rings (SSSR count). The van der Waals surface area contributed by atoms with Crippen LogP contribution in [-0.2, 0) is 0 Å². The first kappa shape index (κ1) is 16.4. The topological polar surface area (TPSA) is 63.4 Å². The molecule has 1 saturated heterocycles. The van der Waals surface area contributed by atoms with E-state index in [9.17, 15) is 14.9 Å². The van der Waals surface area contributed by atoms with Gasteiger partial charge in [0.1, 0.15) is 0 Å². The van der Waals surface area contributed by atoms with Crippen molar-refractivity contribution < 1.29 is 9.72 Å². The molecule has 1 atom stereocenters. The summed E-state index contributed by atoms with van der Waals surface area (Å²) in [5, 5.41) is 11.7. The highest BCUT2D eigenvalue weighted by atomic mass is 79.9. The highest BCUT2D eigenvalue weighted by Gasteiger charge is 2.26. The average molecular weight is 420 g/mol. The number of rotatable bonds is 3. The molecular formula is C14H16Br2N2O3. The fourth-order valence-corrected chi connectivity index (χ4v) is 3.73. The highest BCUT2D eigenvalue weighted by molar-refractivity contribution is 9.10. The number of hydrogen-bond donors (Lipinski definition) is 0. The van der Waals surface area contributed by atoms with Crippen molar-refractivity contribution in [3.05, 3.63) is 38.3 Å². The van der Waals surface area contributed by atoms with E-state index in [0.717, 1.165) is 31.0 Å². The van der Waals surface area contributed by atoms with Gasteiger partial charge in [0.15, 0.2) is 0 Å². The minimum Gasteiger partial charge on any atom is -0.335 e. The second kappa shape index (κ2) is 7.35.